The molecule has 24 heavy (non-hydrogen) atoms. The smallest absolute Gasteiger partial charge is 0.265 e. The Labute approximate surface area is 143 Å². The standard InChI is InChI=1S/C16H14N2O4S2/c1-10-11(2)18-22-16(10)24(20,21)13-7-5-12(6-8-13)17-15(19)14-4-3-9-23-14/h3-9H,1-2H3,(H,17,19). The number of aryl methyl sites for hydroxylation is 1. The number of rotatable bonds is 4. The number of sulfone groups is 1. The third-order valence-corrected chi connectivity index (χ3v) is 6.16. The quantitative estimate of drug-likeness (QED) is 0.768. The molecule has 2 heterocycles. The van der Waals surface area contributed by atoms with Crippen LogP contribution in [0.5, 0.6) is 0 Å². The average Bonchev–Trinajstić information content (AvgIpc) is 3.19. The third-order valence-electron chi connectivity index (χ3n) is 3.53. The van der Waals surface area contributed by atoms with Crippen molar-refractivity contribution in [2.24, 2.45) is 0 Å². The van der Waals surface area contributed by atoms with E-state index >= 15 is 0 Å². The molecule has 0 aliphatic heterocycles. The second-order valence-electron chi connectivity index (χ2n) is 5.14. The van der Waals surface area contributed by atoms with E-state index in [1.807, 2.05) is 5.38 Å². The van der Waals surface area contributed by atoms with E-state index in [1.54, 1.807) is 26.0 Å². The van der Waals surface area contributed by atoms with Crippen LogP contribution < -0.4 is 5.32 Å². The Morgan fingerprint density at radius 2 is 1.88 bits per heavy atom. The molecule has 6 nitrogen and oxygen atoms in total. The summed E-state index contributed by atoms with van der Waals surface area (Å²) in [7, 11) is -3.78. The lowest BCUT2D eigenvalue weighted by atomic mass is 10.3. The van der Waals surface area contributed by atoms with Crippen molar-refractivity contribution in [1.29, 1.82) is 0 Å². The SMILES string of the molecule is Cc1noc(S(=O)(=O)c2ccc(NC(=O)c3cccs3)cc2)c1C. The molecule has 1 aromatic carbocycles. The summed E-state index contributed by atoms with van der Waals surface area (Å²) in [6.45, 7) is 3.33. The van der Waals surface area contributed by atoms with Gasteiger partial charge in [0.05, 0.1) is 15.5 Å². The fourth-order valence-corrected chi connectivity index (χ4v) is 4.08. The summed E-state index contributed by atoms with van der Waals surface area (Å²) < 4.78 is 30.1. The number of hydrogen-bond acceptors (Lipinski definition) is 6. The molecule has 0 aliphatic carbocycles. The summed E-state index contributed by atoms with van der Waals surface area (Å²) in [4.78, 5) is 12.6. The minimum atomic E-state index is -3.78. The first-order chi connectivity index (χ1) is 11.4. The Balaban J connectivity index is 1.84. The van der Waals surface area contributed by atoms with Gasteiger partial charge in [0.1, 0.15) is 0 Å². The van der Waals surface area contributed by atoms with Gasteiger partial charge in [-0.25, -0.2) is 8.42 Å². The van der Waals surface area contributed by atoms with E-state index in [0.29, 0.717) is 21.8 Å². The molecule has 0 spiro atoms. The fraction of sp³-hybridized carbons (Fsp3) is 0.125. The molecule has 2 aromatic heterocycles. The molecule has 1 N–H and O–H groups in total. The zero-order chi connectivity index (χ0) is 17.3. The van der Waals surface area contributed by atoms with Crippen LogP contribution in [0, 0.1) is 13.8 Å². The van der Waals surface area contributed by atoms with E-state index in [-0.39, 0.29) is 15.9 Å². The molecular weight excluding hydrogens is 348 g/mol. The second-order valence-corrected chi connectivity index (χ2v) is 7.94. The van der Waals surface area contributed by atoms with Crippen LogP contribution in [-0.2, 0) is 9.84 Å². The first kappa shape index (κ1) is 16.4. The Hall–Kier alpha value is -2.45. The van der Waals surface area contributed by atoms with Gasteiger partial charge in [-0.1, -0.05) is 11.2 Å². The summed E-state index contributed by atoms with van der Waals surface area (Å²) in [6.07, 6.45) is 0. The number of hydrogen-bond donors (Lipinski definition) is 1. The number of carbonyl (C=O) groups excluding carboxylic acids is 1. The van der Waals surface area contributed by atoms with E-state index in [4.69, 9.17) is 4.52 Å². The number of benzene rings is 1. The molecular formula is C16H14N2O4S2. The highest BCUT2D eigenvalue weighted by molar-refractivity contribution is 7.91. The van der Waals surface area contributed by atoms with Crippen LogP contribution in [0.2, 0.25) is 0 Å². The van der Waals surface area contributed by atoms with Crippen molar-refractivity contribution in [1.82, 2.24) is 5.16 Å². The lowest BCUT2D eigenvalue weighted by Crippen LogP contribution is -2.10. The number of aromatic nitrogens is 1. The Morgan fingerprint density at radius 1 is 1.17 bits per heavy atom. The van der Waals surface area contributed by atoms with Crippen LogP contribution in [-0.4, -0.2) is 19.5 Å². The van der Waals surface area contributed by atoms with Gasteiger partial charge >= 0.3 is 0 Å². The fourth-order valence-electron chi connectivity index (χ4n) is 2.07. The molecule has 1 amide bonds. The number of amides is 1. The minimum Gasteiger partial charge on any atom is -0.344 e. The van der Waals surface area contributed by atoms with Crippen LogP contribution in [0.1, 0.15) is 20.9 Å². The summed E-state index contributed by atoms with van der Waals surface area (Å²) in [5.41, 5.74) is 1.54. The Bertz CT molecular complexity index is 972. The van der Waals surface area contributed by atoms with Crippen LogP contribution in [0.15, 0.2) is 56.3 Å². The van der Waals surface area contributed by atoms with Crippen molar-refractivity contribution in [2.75, 3.05) is 5.32 Å². The number of nitrogens with one attached hydrogen (secondary N) is 1. The Kier molecular flexibility index (Phi) is 4.25. The van der Waals surface area contributed by atoms with Crippen LogP contribution >= 0.6 is 11.3 Å². The van der Waals surface area contributed by atoms with E-state index in [2.05, 4.69) is 10.5 Å². The van der Waals surface area contributed by atoms with Crippen molar-refractivity contribution in [2.45, 2.75) is 23.8 Å². The van der Waals surface area contributed by atoms with Crippen molar-refractivity contribution < 1.29 is 17.7 Å². The van der Waals surface area contributed by atoms with Gasteiger partial charge in [0.25, 0.3) is 11.0 Å². The van der Waals surface area contributed by atoms with Gasteiger partial charge in [-0.2, -0.15) is 0 Å². The van der Waals surface area contributed by atoms with Crippen molar-refractivity contribution in [3.63, 3.8) is 0 Å². The summed E-state index contributed by atoms with van der Waals surface area (Å²) >= 11 is 1.33. The second kappa shape index (κ2) is 6.21. The van der Waals surface area contributed by atoms with Crippen LogP contribution in [0.25, 0.3) is 0 Å². The summed E-state index contributed by atoms with van der Waals surface area (Å²) in [6, 6.07) is 9.44. The molecule has 0 radical (unpaired) electrons. The summed E-state index contributed by atoms with van der Waals surface area (Å²) in [5.74, 6) is -0.234. The molecule has 0 atom stereocenters. The van der Waals surface area contributed by atoms with Crippen molar-refractivity contribution >= 4 is 32.8 Å². The molecule has 0 saturated carbocycles. The largest absolute Gasteiger partial charge is 0.344 e. The molecule has 8 heteroatoms. The van der Waals surface area contributed by atoms with Gasteiger partial charge in [0.2, 0.25) is 9.84 Å². The number of thiophene rings is 1. The van der Waals surface area contributed by atoms with Gasteiger partial charge in [-0.05, 0) is 49.6 Å². The molecule has 0 unspecified atom stereocenters. The normalized spacial score (nSPS) is 11.4. The Morgan fingerprint density at radius 3 is 2.42 bits per heavy atom. The highest BCUT2D eigenvalue weighted by Gasteiger charge is 2.26. The summed E-state index contributed by atoms with van der Waals surface area (Å²) in [5, 5.41) is 8.06. The zero-order valence-electron chi connectivity index (χ0n) is 12.9. The van der Waals surface area contributed by atoms with Gasteiger partial charge in [-0.3, -0.25) is 4.79 Å². The first-order valence-corrected chi connectivity index (χ1v) is 9.39. The van der Waals surface area contributed by atoms with E-state index < -0.39 is 9.84 Å². The van der Waals surface area contributed by atoms with Crippen molar-refractivity contribution in [3.8, 4) is 0 Å². The topological polar surface area (TPSA) is 89.3 Å². The minimum absolute atomic E-state index is 0.0795. The van der Waals surface area contributed by atoms with E-state index in [1.165, 1.54) is 35.6 Å². The van der Waals surface area contributed by atoms with E-state index in [0.717, 1.165) is 0 Å². The molecule has 0 aliphatic rings. The predicted molar refractivity (Wildman–Crippen MR) is 90.1 cm³/mol. The number of carbonyl (C=O) groups is 1. The maximum atomic E-state index is 12.6. The molecule has 0 bridgehead atoms. The van der Waals surface area contributed by atoms with Crippen LogP contribution in [0.3, 0.4) is 0 Å². The van der Waals surface area contributed by atoms with Gasteiger partial charge < -0.3 is 9.84 Å². The molecule has 0 saturated heterocycles. The molecule has 3 aromatic rings. The van der Waals surface area contributed by atoms with Crippen LogP contribution in [0.4, 0.5) is 5.69 Å². The van der Waals surface area contributed by atoms with Gasteiger partial charge in [0, 0.05) is 11.3 Å². The van der Waals surface area contributed by atoms with Gasteiger partial charge in [0.15, 0.2) is 0 Å². The monoisotopic (exact) mass is 362 g/mol. The first-order valence-electron chi connectivity index (χ1n) is 7.02. The lowest BCUT2D eigenvalue weighted by molar-refractivity contribution is 0.103. The number of nitrogens with zero attached hydrogens (tertiary/aromatic N) is 1. The average molecular weight is 362 g/mol. The molecule has 0 fully saturated rings. The van der Waals surface area contributed by atoms with E-state index in [9.17, 15) is 13.2 Å². The third kappa shape index (κ3) is 2.98. The molecule has 124 valence electrons. The predicted octanol–water partition coefficient (Wildman–Crippen LogP) is 3.44. The zero-order valence-corrected chi connectivity index (χ0v) is 14.6. The highest BCUT2D eigenvalue weighted by atomic mass is 32.2. The van der Waals surface area contributed by atoms with Gasteiger partial charge in [-0.15, -0.1) is 11.3 Å². The maximum absolute atomic E-state index is 12.6. The van der Waals surface area contributed by atoms with Crippen molar-refractivity contribution in [3.05, 3.63) is 57.9 Å². The maximum Gasteiger partial charge on any atom is 0.265 e. The highest BCUT2D eigenvalue weighted by Crippen LogP contribution is 2.26. The molecule has 3 rings (SSSR count). The number of anilines is 1. The lowest BCUT2D eigenvalue weighted by Gasteiger charge is -2.06.